The summed E-state index contributed by atoms with van der Waals surface area (Å²) in [6.07, 6.45) is 4.99. The second kappa shape index (κ2) is 7.71. The molecule has 0 unspecified atom stereocenters. The summed E-state index contributed by atoms with van der Waals surface area (Å²) in [7, 11) is -3.32. The molecule has 27 heavy (non-hydrogen) atoms. The molecular weight excluding hydrogens is 380 g/mol. The maximum atomic E-state index is 12.6. The number of piperazine rings is 1. The Balaban J connectivity index is 1.38. The lowest BCUT2D eigenvalue weighted by atomic mass is 10.1. The molecule has 4 rings (SSSR count). The minimum absolute atomic E-state index is 0.441. The smallest absolute Gasteiger partial charge is 0.252 e. The average molecular weight is 405 g/mol. The molecule has 0 aromatic carbocycles. The number of nitrogens with zero attached hydrogens (tertiary/aromatic N) is 4. The van der Waals surface area contributed by atoms with E-state index in [1.807, 2.05) is 17.6 Å². The highest BCUT2D eigenvalue weighted by Gasteiger charge is 2.29. The van der Waals surface area contributed by atoms with Crippen LogP contribution in [0.15, 0.2) is 46.2 Å². The first-order valence-corrected chi connectivity index (χ1v) is 11.6. The van der Waals surface area contributed by atoms with Gasteiger partial charge in [0, 0.05) is 57.0 Å². The summed E-state index contributed by atoms with van der Waals surface area (Å²) in [5.74, 6) is 0. The van der Waals surface area contributed by atoms with Crippen LogP contribution in [0.25, 0.3) is 11.0 Å². The van der Waals surface area contributed by atoms with Gasteiger partial charge in [0.25, 0.3) is 10.0 Å². The third-order valence-corrected chi connectivity index (χ3v) is 8.45. The van der Waals surface area contributed by atoms with Crippen molar-refractivity contribution in [1.29, 1.82) is 0 Å². The Morgan fingerprint density at radius 2 is 1.96 bits per heavy atom. The fourth-order valence-corrected chi connectivity index (χ4v) is 6.21. The van der Waals surface area contributed by atoms with Crippen molar-refractivity contribution in [2.45, 2.75) is 24.1 Å². The standard InChI is InChI=1S/C19H24N4O2S2/c1-2-22-15-16(17-5-3-8-20-19(17)22)7-9-21-10-12-23(13-11-21)27(24,25)18-6-4-14-26-18/h3-6,8,14-15H,2,7,9-13H2,1H3. The van der Waals surface area contributed by atoms with Gasteiger partial charge in [0.2, 0.25) is 0 Å². The Kier molecular flexibility index (Phi) is 5.32. The van der Waals surface area contributed by atoms with Crippen molar-refractivity contribution in [1.82, 2.24) is 18.8 Å². The monoisotopic (exact) mass is 404 g/mol. The molecule has 3 aromatic rings. The van der Waals surface area contributed by atoms with Gasteiger partial charge in [-0.05, 0) is 42.5 Å². The molecule has 1 saturated heterocycles. The van der Waals surface area contributed by atoms with Gasteiger partial charge in [0.15, 0.2) is 0 Å². The van der Waals surface area contributed by atoms with Crippen LogP contribution in [-0.2, 0) is 23.0 Å². The number of fused-ring (bicyclic) bond motifs is 1. The van der Waals surface area contributed by atoms with Gasteiger partial charge in [-0.1, -0.05) is 6.07 Å². The van der Waals surface area contributed by atoms with E-state index in [2.05, 4.69) is 33.6 Å². The highest BCUT2D eigenvalue weighted by atomic mass is 32.2. The quantitative estimate of drug-likeness (QED) is 0.634. The van der Waals surface area contributed by atoms with Gasteiger partial charge in [-0.3, -0.25) is 0 Å². The molecule has 6 nitrogen and oxygen atoms in total. The fourth-order valence-electron chi connectivity index (χ4n) is 3.65. The van der Waals surface area contributed by atoms with Crippen LogP contribution in [0.5, 0.6) is 0 Å². The first-order chi connectivity index (χ1) is 13.1. The summed E-state index contributed by atoms with van der Waals surface area (Å²) >= 11 is 1.29. The van der Waals surface area contributed by atoms with Gasteiger partial charge in [0.05, 0.1) is 0 Å². The summed E-state index contributed by atoms with van der Waals surface area (Å²) in [6, 6.07) is 7.59. The van der Waals surface area contributed by atoms with Crippen LogP contribution in [-0.4, -0.2) is 59.9 Å². The van der Waals surface area contributed by atoms with E-state index in [4.69, 9.17) is 0 Å². The molecule has 8 heteroatoms. The molecule has 3 aromatic heterocycles. The van der Waals surface area contributed by atoms with Gasteiger partial charge in [-0.15, -0.1) is 11.3 Å². The molecule has 1 fully saturated rings. The molecule has 0 saturated carbocycles. The number of thiophene rings is 1. The van der Waals surface area contributed by atoms with Crippen molar-refractivity contribution in [3.63, 3.8) is 0 Å². The van der Waals surface area contributed by atoms with Crippen LogP contribution < -0.4 is 0 Å². The molecule has 0 radical (unpaired) electrons. The van der Waals surface area contributed by atoms with E-state index in [1.54, 1.807) is 16.4 Å². The summed E-state index contributed by atoms with van der Waals surface area (Å²) in [5.41, 5.74) is 2.36. The lowest BCUT2D eigenvalue weighted by Gasteiger charge is -2.33. The summed E-state index contributed by atoms with van der Waals surface area (Å²) in [5, 5.41) is 3.03. The Labute approximate surface area is 164 Å². The molecule has 4 heterocycles. The molecule has 0 bridgehead atoms. The number of rotatable bonds is 6. The number of aryl methyl sites for hydroxylation is 1. The highest BCUT2D eigenvalue weighted by molar-refractivity contribution is 7.91. The Morgan fingerprint density at radius 1 is 1.15 bits per heavy atom. The van der Waals surface area contributed by atoms with E-state index in [-0.39, 0.29) is 0 Å². The minimum Gasteiger partial charge on any atom is -0.333 e. The zero-order valence-corrected chi connectivity index (χ0v) is 17.0. The van der Waals surface area contributed by atoms with E-state index in [1.165, 1.54) is 22.3 Å². The van der Waals surface area contributed by atoms with E-state index >= 15 is 0 Å². The first-order valence-electron chi connectivity index (χ1n) is 9.28. The molecule has 0 atom stereocenters. The molecular formula is C19H24N4O2S2. The number of pyridine rings is 1. The average Bonchev–Trinajstić information content (AvgIpc) is 3.35. The predicted molar refractivity (Wildman–Crippen MR) is 109 cm³/mol. The zero-order chi connectivity index (χ0) is 18.9. The molecule has 144 valence electrons. The SMILES string of the molecule is CCn1cc(CCN2CCN(S(=O)(=O)c3cccs3)CC2)c2cccnc21. The van der Waals surface area contributed by atoms with Crippen molar-refractivity contribution >= 4 is 32.4 Å². The molecule has 1 aliphatic heterocycles. The lowest BCUT2D eigenvalue weighted by Crippen LogP contribution is -2.48. The van der Waals surface area contributed by atoms with Crippen LogP contribution in [0.3, 0.4) is 0 Å². The van der Waals surface area contributed by atoms with Crippen LogP contribution >= 0.6 is 11.3 Å². The maximum Gasteiger partial charge on any atom is 0.252 e. The second-order valence-electron chi connectivity index (χ2n) is 6.74. The summed E-state index contributed by atoms with van der Waals surface area (Å²) in [6.45, 7) is 6.63. The van der Waals surface area contributed by atoms with Crippen LogP contribution in [0.1, 0.15) is 12.5 Å². The Morgan fingerprint density at radius 3 is 2.67 bits per heavy atom. The second-order valence-corrected chi connectivity index (χ2v) is 9.86. The van der Waals surface area contributed by atoms with E-state index in [9.17, 15) is 8.42 Å². The summed E-state index contributed by atoms with van der Waals surface area (Å²) < 4.78 is 29.5. The van der Waals surface area contributed by atoms with Crippen molar-refractivity contribution in [2.75, 3.05) is 32.7 Å². The van der Waals surface area contributed by atoms with Gasteiger partial charge >= 0.3 is 0 Å². The molecule has 0 spiro atoms. The van der Waals surface area contributed by atoms with Crippen molar-refractivity contribution in [3.05, 3.63) is 47.6 Å². The Bertz CT molecular complexity index is 1000. The van der Waals surface area contributed by atoms with Crippen LogP contribution in [0, 0.1) is 0 Å². The minimum atomic E-state index is -3.32. The van der Waals surface area contributed by atoms with Gasteiger partial charge in [-0.2, -0.15) is 4.31 Å². The van der Waals surface area contributed by atoms with E-state index < -0.39 is 10.0 Å². The number of sulfonamides is 1. The van der Waals surface area contributed by atoms with Crippen molar-refractivity contribution < 1.29 is 8.42 Å². The van der Waals surface area contributed by atoms with Crippen molar-refractivity contribution in [3.8, 4) is 0 Å². The van der Waals surface area contributed by atoms with Gasteiger partial charge < -0.3 is 9.47 Å². The maximum absolute atomic E-state index is 12.6. The highest BCUT2D eigenvalue weighted by Crippen LogP contribution is 2.23. The summed E-state index contributed by atoms with van der Waals surface area (Å²) in [4.78, 5) is 6.86. The van der Waals surface area contributed by atoms with E-state index in [0.717, 1.165) is 38.2 Å². The topological polar surface area (TPSA) is 58.4 Å². The Hall–Kier alpha value is -1.74. The number of aromatic nitrogens is 2. The third kappa shape index (κ3) is 3.67. The van der Waals surface area contributed by atoms with Crippen LogP contribution in [0.4, 0.5) is 0 Å². The van der Waals surface area contributed by atoms with Gasteiger partial charge in [0.1, 0.15) is 9.86 Å². The lowest BCUT2D eigenvalue weighted by molar-refractivity contribution is 0.190. The number of hydrogen-bond acceptors (Lipinski definition) is 5. The van der Waals surface area contributed by atoms with Crippen molar-refractivity contribution in [2.24, 2.45) is 0 Å². The predicted octanol–water partition coefficient (Wildman–Crippen LogP) is 2.67. The molecule has 0 amide bonds. The fraction of sp³-hybridized carbons (Fsp3) is 0.421. The zero-order valence-electron chi connectivity index (χ0n) is 15.4. The molecule has 0 N–H and O–H groups in total. The largest absolute Gasteiger partial charge is 0.333 e. The first kappa shape index (κ1) is 18.6. The van der Waals surface area contributed by atoms with Gasteiger partial charge in [-0.25, -0.2) is 13.4 Å². The molecule has 0 aliphatic carbocycles. The number of hydrogen-bond donors (Lipinski definition) is 0. The normalized spacial score (nSPS) is 16.9. The van der Waals surface area contributed by atoms with E-state index in [0.29, 0.717) is 17.3 Å². The molecule has 1 aliphatic rings. The van der Waals surface area contributed by atoms with Crippen LogP contribution in [0.2, 0.25) is 0 Å². The third-order valence-electron chi connectivity index (χ3n) is 5.17.